The molecule has 0 saturated carbocycles. The molecule has 1 fully saturated rings. The van der Waals surface area contributed by atoms with Gasteiger partial charge in [-0.25, -0.2) is 0 Å². The minimum Gasteiger partial charge on any atom is -0.375 e. The van der Waals surface area contributed by atoms with Crippen molar-refractivity contribution in [3.05, 3.63) is 0 Å². The molecule has 0 spiro atoms. The molecule has 1 heterocycles. The summed E-state index contributed by atoms with van der Waals surface area (Å²) in [5.41, 5.74) is 0. The Morgan fingerprint density at radius 2 is 1.88 bits per heavy atom. The summed E-state index contributed by atoms with van der Waals surface area (Å²) >= 11 is 0. The first kappa shape index (κ1) is 14.0. The number of amides is 2. The van der Waals surface area contributed by atoms with Gasteiger partial charge in [-0.2, -0.15) is 0 Å². The molecule has 1 saturated heterocycles. The van der Waals surface area contributed by atoms with Gasteiger partial charge in [-0.15, -0.1) is 0 Å². The van der Waals surface area contributed by atoms with Crippen molar-refractivity contribution >= 4 is 11.8 Å². The summed E-state index contributed by atoms with van der Waals surface area (Å²) in [6, 6.07) is -0.434. The first-order valence-electron chi connectivity index (χ1n) is 6.13. The zero-order valence-corrected chi connectivity index (χ0v) is 10.9. The van der Waals surface area contributed by atoms with Crippen LogP contribution in [0.2, 0.25) is 0 Å². The highest BCUT2D eigenvalue weighted by Gasteiger charge is 2.29. The van der Waals surface area contributed by atoms with Crippen LogP contribution in [0.5, 0.6) is 0 Å². The fourth-order valence-electron chi connectivity index (χ4n) is 1.99. The Kier molecular flexibility index (Phi) is 5.41. The van der Waals surface area contributed by atoms with E-state index in [0.717, 1.165) is 25.9 Å². The molecule has 0 unspecified atom stereocenters. The number of ether oxygens (including phenoxy) is 1. The van der Waals surface area contributed by atoms with Gasteiger partial charge >= 0.3 is 0 Å². The van der Waals surface area contributed by atoms with Crippen LogP contribution in [-0.2, 0) is 14.3 Å². The molecule has 0 aromatic heterocycles. The lowest BCUT2D eigenvalue weighted by Gasteiger charge is -2.26. The topological polar surface area (TPSA) is 58.6 Å². The van der Waals surface area contributed by atoms with E-state index < -0.39 is 6.04 Å². The van der Waals surface area contributed by atoms with Crippen molar-refractivity contribution in [2.24, 2.45) is 5.92 Å². The van der Waals surface area contributed by atoms with Gasteiger partial charge in [0.1, 0.15) is 12.6 Å². The van der Waals surface area contributed by atoms with Crippen molar-refractivity contribution in [3.8, 4) is 0 Å². The number of hydrogen-bond donors (Lipinski definition) is 1. The Bertz CT molecular complexity index is 273. The molecule has 0 aliphatic carbocycles. The van der Waals surface area contributed by atoms with Gasteiger partial charge in [-0.1, -0.05) is 13.8 Å². The molecule has 5 nitrogen and oxygen atoms in total. The molecule has 5 heteroatoms. The maximum atomic E-state index is 12.2. The summed E-state index contributed by atoms with van der Waals surface area (Å²) in [5.74, 6) is -0.121. The van der Waals surface area contributed by atoms with E-state index in [2.05, 4.69) is 5.32 Å². The zero-order valence-electron chi connectivity index (χ0n) is 10.9. The Morgan fingerprint density at radius 1 is 1.29 bits per heavy atom. The van der Waals surface area contributed by atoms with Crippen molar-refractivity contribution < 1.29 is 14.3 Å². The molecule has 0 bridgehead atoms. The van der Waals surface area contributed by atoms with E-state index in [9.17, 15) is 9.59 Å². The summed E-state index contributed by atoms with van der Waals surface area (Å²) in [5, 5.41) is 2.74. The lowest BCUT2D eigenvalue weighted by molar-refractivity contribution is -0.137. The van der Waals surface area contributed by atoms with Crippen LogP contribution in [0.15, 0.2) is 0 Å². The van der Waals surface area contributed by atoms with Crippen molar-refractivity contribution in [2.45, 2.75) is 32.7 Å². The third kappa shape index (κ3) is 4.00. The Morgan fingerprint density at radius 3 is 2.35 bits per heavy atom. The molecule has 0 aromatic carbocycles. The van der Waals surface area contributed by atoms with E-state index in [0.29, 0.717) is 0 Å². The molecule has 1 aliphatic heterocycles. The van der Waals surface area contributed by atoms with Gasteiger partial charge < -0.3 is 15.0 Å². The zero-order chi connectivity index (χ0) is 12.8. The van der Waals surface area contributed by atoms with Crippen LogP contribution in [0.4, 0.5) is 0 Å². The lowest BCUT2D eigenvalue weighted by Crippen LogP contribution is -2.51. The molecule has 1 atom stereocenters. The third-order valence-corrected chi connectivity index (χ3v) is 2.94. The highest BCUT2D eigenvalue weighted by molar-refractivity contribution is 5.88. The smallest absolute Gasteiger partial charge is 0.246 e. The molecule has 1 aliphatic rings. The first-order chi connectivity index (χ1) is 8.06. The van der Waals surface area contributed by atoms with Crippen molar-refractivity contribution in [2.75, 3.05) is 26.8 Å². The van der Waals surface area contributed by atoms with Crippen LogP contribution >= 0.6 is 0 Å². The van der Waals surface area contributed by atoms with Crippen molar-refractivity contribution in [1.29, 1.82) is 0 Å². The largest absolute Gasteiger partial charge is 0.375 e. The molecule has 17 heavy (non-hydrogen) atoms. The van der Waals surface area contributed by atoms with E-state index in [1.54, 1.807) is 0 Å². The Hall–Kier alpha value is -1.10. The Labute approximate surface area is 102 Å². The van der Waals surface area contributed by atoms with E-state index >= 15 is 0 Å². The van der Waals surface area contributed by atoms with Gasteiger partial charge in [0.25, 0.3) is 0 Å². The van der Waals surface area contributed by atoms with Crippen LogP contribution in [0.25, 0.3) is 0 Å². The monoisotopic (exact) mass is 242 g/mol. The highest BCUT2D eigenvalue weighted by atomic mass is 16.5. The van der Waals surface area contributed by atoms with Crippen LogP contribution < -0.4 is 5.32 Å². The van der Waals surface area contributed by atoms with Gasteiger partial charge in [0.05, 0.1) is 0 Å². The summed E-state index contributed by atoms with van der Waals surface area (Å²) < 4.78 is 4.75. The van der Waals surface area contributed by atoms with Gasteiger partial charge in [0.2, 0.25) is 11.8 Å². The van der Waals surface area contributed by atoms with Gasteiger partial charge in [-0.05, 0) is 18.8 Å². The van der Waals surface area contributed by atoms with Gasteiger partial charge in [0, 0.05) is 20.2 Å². The fraction of sp³-hybridized carbons (Fsp3) is 0.833. The molecule has 1 N–H and O–H groups in total. The standard InChI is InChI=1S/C12H22N2O3/c1-9(2)11(13-10(15)8-17-3)12(16)14-6-4-5-7-14/h9,11H,4-8H2,1-3H3,(H,13,15)/t11-/m0/s1. The Balaban J connectivity index is 2.58. The molecule has 0 aromatic rings. The number of hydrogen-bond acceptors (Lipinski definition) is 3. The maximum Gasteiger partial charge on any atom is 0.246 e. The second-order valence-electron chi connectivity index (χ2n) is 4.75. The molecular weight excluding hydrogens is 220 g/mol. The predicted molar refractivity (Wildman–Crippen MR) is 64.5 cm³/mol. The SMILES string of the molecule is COCC(=O)N[C@H](C(=O)N1CCCC1)C(C)C. The minimum absolute atomic E-state index is 0.00347. The van der Waals surface area contributed by atoms with Gasteiger partial charge in [0.15, 0.2) is 0 Å². The molecule has 2 amide bonds. The highest BCUT2D eigenvalue weighted by Crippen LogP contribution is 2.12. The summed E-state index contributed by atoms with van der Waals surface area (Å²) in [4.78, 5) is 25.5. The number of nitrogens with one attached hydrogen (secondary N) is 1. The number of carbonyl (C=O) groups excluding carboxylic acids is 2. The number of nitrogens with zero attached hydrogens (tertiary/aromatic N) is 1. The molecule has 1 rings (SSSR count). The van der Waals surface area contributed by atoms with E-state index in [1.807, 2.05) is 18.7 Å². The van der Waals surface area contributed by atoms with E-state index in [1.165, 1.54) is 7.11 Å². The van der Waals surface area contributed by atoms with E-state index in [4.69, 9.17) is 4.74 Å². The van der Waals surface area contributed by atoms with E-state index in [-0.39, 0.29) is 24.3 Å². The minimum atomic E-state index is -0.434. The number of methoxy groups -OCH3 is 1. The van der Waals surface area contributed by atoms with Crippen LogP contribution in [0, 0.1) is 5.92 Å². The normalized spacial score (nSPS) is 17.3. The summed E-state index contributed by atoms with van der Waals surface area (Å²) in [7, 11) is 1.46. The van der Waals surface area contributed by atoms with Crippen LogP contribution in [0.3, 0.4) is 0 Å². The lowest BCUT2D eigenvalue weighted by atomic mass is 10.0. The molecule has 98 valence electrons. The van der Waals surface area contributed by atoms with Crippen LogP contribution in [-0.4, -0.2) is 49.6 Å². The summed E-state index contributed by atoms with van der Waals surface area (Å²) in [6.07, 6.45) is 2.12. The quantitative estimate of drug-likeness (QED) is 0.759. The van der Waals surface area contributed by atoms with Crippen molar-refractivity contribution in [1.82, 2.24) is 10.2 Å². The third-order valence-electron chi connectivity index (χ3n) is 2.94. The average molecular weight is 242 g/mol. The van der Waals surface area contributed by atoms with Crippen LogP contribution in [0.1, 0.15) is 26.7 Å². The second kappa shape index (κ2) is 6.59. The second-order valence-corrected chi connectivity index (χ2v) is 4.75. The molecular formula is C12H22N2O3. The van der Waals surface area contributed by atoms with Gasteiger partial charge in [-0.3, -0.25) is 9.59 Å². The van der Waals surface area contributed by atoms with Crippen molar-refractivity contribution in [3.63, 3.8) is 0 Å². The summed E-state index contributed by atoms with van der Waals surface area (Å²) in [6.45, 7) is 5.48. The fourth-order valence-corrected chi connectivity index (χ4v) is 1.99. The first-order valence-corrected chi connectivity index (χ1v) is 6.13. The molecule has 0 radical (unpaired) electrons. The maximum absolute atomic E-state index is 12.2. The number of carbonyl (C=O) groups is 2. The number of rotatable bonds is 5. The number of likely N-dealkylation sites (tertiary alicyclic amines) is 1. The average Bonchev–Trinajstić information content (AvgIpc) is 2.78. The predicted octanol–water partition coefficient (Wildman–Crippen LogP) is 0.396.